The van der Waals surface area contributed by atoms with Crippen molar-refractivity contribution in [1.82, 2.24) is 0 Å². The van der Waals surface area contributed by atoms with Gasteiger partial charge in [0.15, 0.2) is 0 Å². The molecule has 0 amide bonds. The molecule has 4 nitrogen and oxygen atoms in total. The van der Waals surface area contributed by atoms with Gasteiger partial charge in [0.25, 0.3) is 0 Å². The molecule has 1 heterocycles. The van der Waals surface area contributed by atoms with Crippen molar-refractivity contribution < 1.29 is 19.1 Å². The van der Waals surface area contributed by atoms with Crippen LogP contribution in [-0.2, 0) is 4.74 Å². The number of carboxylic acids is 1. The highest BCUT2D eigenvalue weighted by molar-refractivity contribution is 5.93. The fraction of sp³-hybridized carbons (Fsp3) is 0.400. The molecule has 4 heteroatoms. The molecule has 0 aliphatic rings. The Labute approximate surface area is 112 Å². The third-order valence-electron chi connectivity index (χ3n) is 2.71. The SMILES string of the molecule is C[C@@H](OC(C)(C)C)c1cc2cc(C(=O)O)ccc2o1. The van der Waals surface area contributed by atoms with Crippen LogP contribution in [0.1, 0.15) is 49.9 Å². The van der Waals surface area contributed by atoms with E-state index in [1.807, 2.05) is 33.8 Å². The number of hydrogen-bond acceptors (Lipinski definition) is 3. The first kappa shape index (κ1) is 13.6. The zero-order valence-corrected chi connectivity index (χ0v) is 11.6. The molecule has 1 N–H and O–H groups in total. The van der Waals surface area contributed by atoms with E-state index in [1.54, 1.807) is 12.1 Å². The van der Waals surface area contributed by atoms with E-state index in [9.17, 15) is 4.79 Å². The van der Waals surface area contributed by atoms with Crippen LogP contribution in [0.25, 0.3) is 11.0 Å². The maximum absolute atomic E-state index is 10.9. The largest absolute Gasteiger partial charge is 0.478 e. The molecule has 0 saturated heterocycles. The van der Waals surface area contributed by atoms with E-state index < -0.39 is 5.97 Å². The van der Waals surface area contributed by atoms with Crippen LogP contribution in [0, 0.1) is 0 Å². The summed E-state index contributed by atoms with van der Waals surface area (Å²) in [7, 11) is 0. The Hall–Kier alpha value is -1.81. The van der Waals surface area contributed by atoms with Gasteiger partial charge in [-0.05, 0) is 52.0 Å². The van der Waals surface area contributed by atoms with Crippen molar-refractivity contribution in [3.8, 4) is 0 Å². The fourth-order valence-corrected chi connectivity index (χ4v) is 1.99. The molecule has 0 fully saturated rings. The zero-order chi connectivity index (χ0) is 14.2. The van der Waals surface area contributed by atoms with Crippen molar-refractivity contribution in [3.63, 3.8) is 0 Å². The molecule has 0 unspecified atom stereocenters. The lowest BCUT2D eigenvalue weighted by Gasteiger charge is -2.23. The molecule has 0 radical (unpaired) electrons. The summed E-state index contributed by atoms with van der Waals surface area (Å²) in [6.45, 7) is 7.86. The quantitative estimate of drug-likeness (QED) is 0.908. The Balaban J connectivity index is 2.33. The molecular weight excluding hydrogens is 244 g/mol. The second kappa shape index (κ2) is 4.70. The summed E-state index contributed by atoms with van der Waals surface area (Å²) in [5, 5.41) is 9.73. The Morgan fingerprint density at radius 3 is 2.58 bits per heavy atom. The summed E-state index contributed by atoms with van der Waals surface area (Å²) >= 11 is 0. The van der Waals surface area contributed by atoms with Crippen molar-refractivity contribution in [2.24, 2.45) is 0 Å². The molecule has 0 saturated carbocycles. The highest BCUT2D eigenvalue weighted by Gasteiger charge is 2.19. The maximum Gasteiger partial charge on any atom is 0.335 e. The molecule has 19 heavy (non-hydrogen) atoms. The Kier molecular flexibility index (Phi) is 3.37. The number of carbonyl (C=O) groups is 1. The molecule has 0 aliphatic heterocycles. The number of rotatable bonds is 3. The van der Waals surface area contributed by atoms with Gasteiger partial charge in [-0.1, -0.05) is 0 Å². The van der Waals surface area contributed by atoms with Crippen LogP contribution < -0.4 is 0 Å². The van der Waals surface area contributed by atoms with Crippen LogP contribution in [0.2, 0.25) is 0 Å². The average molecular weight is 262 g/mol. The van der Waals surface area contributed by atoms with E-state index in [4.69, 9.17) is 14.3 Å². The van der Waals surface area contributed by atoms with Crippen LogP contribution in [0.5, 0.6) is 0 Å². The molecule has 0 bridgehead atoms. The lowest BCUT2D eigenvalue weighted by Crippen LogP contribution is -2.20. The summed E-state index contributed by atoms with van der Waals surface area (Å²) in [5.41, 5.74) is 0.665. The van der Waals surface area contributed by atoms with Gasteiger partial charge in [0.2, 0.25) is 0 Å². The van der Waals surface area contributed by atoms with Gasteiger partial charge in [-0.2, -0.15) is 0 Å². The summed E-state index contributed by atoms with van der Waals surface area (Å²) < 4.78 is 11.5. The molecule has 1 aromatic heterocycles. The molecule has 2 aromatic rings. The van der Waals surface area contributed by atoms with E-state index in [0.29, 0.717) is 11.3 Å². The second-order valence-corrected chi connectivity index (χ2v) is 5.58. The number of ether oxygens (including phenoxy) is 1. The number of aromatic carboxylic acids is 1. The number of fused-ring (bicyclic) bond motifs is 1. The van der Waals surface area contributed by atoms with Crippen LogP contribution in [0.15, 0.2) is 28.7 Å². The van der Waals surface area contributed by atoms with E-state index in [0.717, 1.165) is 5.39 Å². The van der Waals surface area contributed by atoms with E-state index in [1.165, 1.54) is 6.07 Å². The van der Waals surface area contributed by atoms with Gasteiger partial charge in [0.1, 0.15) is 17.4 Å². The molecule has 1 atom stereocenters. The first-order chi connectivity index (χ1) is 8.76. The summed E-state index contributed by atoms with van der Waals surface area (Å²) in [6, 6.07) is 6.64. The van der Waals surface area contributed by atoms with E-state index in [2.05, 4.69) is 0 Å². The van der Waals surface area contributed by atoms with Gasteiger partial charge in [0, 0.05) is 5.39 Å². The third kappa shape index (κ3) is 3.15. The second-order valence-electron chi connectivity index (χ2n) is 5.58. The van der Waals surface area contributed by atoms with Gasteiger partial charge in [-0.15, -0.1) is 0 Å². The number of benzene rings is 1. The topological polar surface area (TPSA) is 59.7 Å². The first-order valence-electron chi connectivity index (χ1n) is 6.21. The van der Waals surface area contributed by atoms with Gasteiger partial charge in [-0.3, -0.25) is 0 Å². The van der Waals surface area contributed by atoms with Gasteiger partial charge in [-0.25, -0.2) is 4.79 Å². The summed E-state index contributed by atoms with van der Waals surface area (Å²) in [6.07, 6.45) is -0.180. The number of hydrogen-bond donors (Lipinski definition) is 1. The van der Waals surface area contributed by atoms with Crippen LogP contribution >= 0.6 is 0 Å². The normalized spacial score (nSPS) is 13.7. The third-order valence-corrected chi connectivity index (χ3v) is 2.71. The zero-order valence-electron chi connectivity index (χ0n) is 11.6. The van der Waals surface area contributed by atoms with E-state index >= 15 is 0 Å². The highest BCUT2D eigenvalue weighted by Crippen LogP contribution is 2.29. The Morgan fingerprint density at radius 1 is 1.32 bits per heavy atom. The molecular formula is C15H18O4. The minimum atomic E-state index is -0.941. The molecule has 2 rings (SSSR count). The minimum absolute atomic E-state index is 0.180. The van der Waals surface area contributed by atoms with Gasteiger partial charge < -0.3 is 14.3 Å². The summed E-state index contributed by atoms with van der Waals surface area (Å²) in [4.78, 5) is 10.9. The van der Waals surface area contributed by atoms with Crippen molar-refractivity contribution in [2.75, 3.05) is 0 Å². The predicted octanol–water partition coefficient (Wildman–Crippen LogP) is 4.01. The molecule has 1 aromatic carbocycles. The standard InChI is InChI=1S/C15H18O4/c1-9(19-15(2,3)4)13-8-11-7-10(14(16)17)5-6-12(11)18-13/h5-9H,1-4H3,(H,16,17)/t9-/m1/s1. The van der Waals surface area contributed by atoms with Crippen LogP contribution in [0.4, 0.5) is 0 Å². The van der Waals surface area contributed by atoms with Gasteiger partial charge in [0.05, 0.1) is 11.2 Å². The van der Waals surface area contributed by atoms with Crippen molar-refractivity contribution >= 4 is 16.9 Å². The van der Waals surface area contributed by atoms with Crippen LogP contribution in [0.3, 0.4) is 0 Å². The van der Waals surface area contributed by atoms with Gasteiger partial charge >= 0.3 is 5.97 Å². The average Bonchev–Trinajstić information content (AvgIpc) is 2.68. The number of furan rings is 1. The van der Waals surface area contributed by atoms with Crippen molar-refractivity contribution in [2.45, 2.75) is 39.4 Å². The van der Waals surface area contributed by atoms with Crippen molar-refractivity contribution in [3.05, 3.63) is 35.6 Å². The monoisotopic (exact) mass is 262 g/mol. The van der Waals surface area contributed by atoms with E-state index in [-0.39, 0.29) is 17.3 Å². The Bertz CT molecular complexity index is 604. The Morgan fingerprint density at radius 2 is 2.00 bits per heavy atom. The molecule has 102 valence electrons. The van der Waals surface area contributed by atoms with Crippen molar-refractivity contribution in [1.29, 1.82) is 0 Å². The lowest BCUT2D eigenvalue weighted by molar-refractivity contribution is -0.0608. The smallest absolute Gasteiger partial charge is 0.335 e. The lowest BCUT2D eigenvalue weighted by atomic mass is 10.1. The molecule has 0 aliphatic carbocycles. The molecule has 0 spiro atoms. The minimum Gasteiger partial charge on any atom is -0.478 e. The highest BCUT2D eigenvalue weighted by atomic mass is 16.5. The fourth-order valence-electron chi connectivity index (χ4n) is 1.99. The summed E-state index contributed by atoms with van der Waals surface area (Å²) in [5.74, 6) is -0.240. The van der Waals surface area contributed by atoms with Crippen LogP contribution in [-0.4, -0.2) is 16.7 Å². The first-order valence-corrected chi connectivity index (χ1v) is 6.21. The predicted molar refractivity (Wildman–Crippen MR) is 72.4 cm³/mol. The number of carboxylic acid groups (broad SMARTS) is 1. The maximum atomic E-state index is 10.9.